The summed E-state index contributed by atoms with van der Waals surface area (Å²) in [5, 5.41) is 1.27. The van der Waals surface area contributed by atoms with Crippen LogP contribution in [0.15, 0.2) is 47.3 Å². The number of fused-ring (bicyclic) bond motifs is 1. The standard InChI is InChI=1S/C17H15ClN2O2/c1-11-3-8-15-14(9-11)17(21)20(2)16(19-15)10-22-13-6-4-12(18)5-7-13/h3-9H,10H2,1-2H3. The van der Waals surface area contributed by atoms with E-state index in [1.54, 1.807) is 31.3 Å². The Morgan fingerprint density at radius 2 is 1.91 bits per heavy atom. The maximum atomic E-state index is 12.4. The fourth-order valence-corrected chi connectivity index (χ4v) is 2.36. The van der Waals surface area contributed by atoms with Crippen molar-refractivity contribution in [3.05, 3.63) is 69.2 Å². The highest BCUT2D eigenvalue weighted by Gasteiger charge is 2.09. The number of nitrogens with zero attached hydrogens (tertiary/aromatic N) is 2. The summed E-state index contributed by atoms with van der Waals surface area (Å²) in [6.07, 6.45) is 0. The smallest absolute Gasteiger partial charge is 0.261 e. The summed E-state index contributed by atoms with van der Waals surface area (Å²) in [7, 11) is 1.71. The number of halogens is 1. The Kier molecular flexibility index (Phi) is 3.86. The highest BCUT2D eigenvalue weighted by atomic mass is 35.5. The molecule has 1 heterocycles. The molecule has 0 aliphatic carbocycles. The number of aryl methyl sites for hydroxylation is 1. The lowest BCUT2D eigenvalue weighted by atomic mass is 10.1. The van der Waals surface area contributed by atoms with Gasteiger partial charge in [-0.15, -0.1) is 0 Å². The zero-order valence-electron chi connectivity index (χ0n) is 12.3. The zero-order valence-corrected chi connectivity index (χ0v) is 13.1. The van der Waals surface area contributed by atoms with E-state index in [2.05, 4.69) is 4.98 Å². The van der Waals surface area contributed by atoms with Crippen LogP contribution in [0.4, 0.5) is 0 Å². The second-order valence-electron chi connectivity index (χ2n) is 5.16. The van der Waals surface area contributed by atoms with Crippen LogP contribution in [0, 0.1) is 6.92 Å². The average Bonchev–Trinajstić information content (AvgIpc) is 2.52. The number of ether oxygens (including phenoxy) is 1. The van der Waals surface area contributed by atoms with Crippen LogP contribution < -0.4 is 10.3 Å². The number of aromatic nitrogens is 2. The van der Waals surface area contributed by atoms with Crippen molar-refractivity contribution in [1.29, 1.82) is 0 Å². The molecular formula is C17H15ClN2O2. The summed E-state index contributed by atoms with van der Waals surface area (Å²) in [4.78, 5) is 16.9. The Labute approximate surface area is 132 Å². The topological polar surface area (TPSA) is 44.1 Å². The lowest BCUT2D eigenvalue weighted by molar-refractivity contribution is 0.290. The molecule has 22 heavy (non-hydrogen) atoms. The van der Waals surface area contributed by atoms with Gasteiger partial charge in [0, 0.05) is 12.1 Å². The Hall–Kier alpha value is -2.33. The van der Waals surface area contributed by atoms with E-state index in [0.29, 0.717) is 27.5 Å². The Morgan fingerprint density at radius 1 is 1.18 bits per heavy atom. The number of hydrogen-bond acceptors (Lipinski definition) is 3. The molecule has 5 heteroatoms. The molecule has 4 nitrogen and oxygen atoms in total. The van der Waals surface area contributed by atoms with Gasteiger partial charge in [0.15, 0.2) is 0 Å². The second kappa shape index (κ2) is 5.81. The summed E-state index contributed by atoms with van der Waals surface area (Å²) < 4.78 is 7.20. The quantitative estimate of drug-likeness (QED) is 0.743. The molecule has 0 N–H and O–H groups in total. The second-order valence-corrected chi connectivity index (χ2v) is 5.59. The van der Waals surface area contributed by atoms with E-state index in [-0.39, 0.29) is 12.2 Å². The maximum absolute atomic E-state index is 12.4. The van der Waals surface area contributed by atoms with Crippen LogP contribution in [0.2, 0.25) is 5.02 Å². The third-order valence-corrected chi connectivity index (χ3v) is 3.76. The molecule has 0 unspecified atom stereocenters. The third kappa shape index (κ3) is 2.83. The van der Waals surface area contributed by atoms with Gasteiger partial charge >= 0.3 is 0 Å². The van der Waals surface area contributed by atoms with Gasteiger partial charge in [0.25, 0.3) is 5.56 Å². The fraction of sp³-hybridized carbons (Fsp3) is 0.176. The van der Waals surface area contributed by atoms with E-state index < -0.39 is 0 Å². The van der Waals surface area contributed by atoms with Crippen molar-refractivity contribution in [3.63, 3.8) is 0 Å². The number of benzene rings is 2. The minimum absolute atomic E-state index is 0.0663. The molecule has 3 rings (SSSR count). The van der Waals surface area contributed by atoms with Crippen LogP contribution in [0.25, 0.3) is 10.9 Å². The number of rotatable bonds is 3. The average molecular weight is 315 g/mol. The van der Waals surface area contributed by atoms with Gasteiger partial charge in [0.2, 0.25) is 0 Å². The van der Waals surface area contributed by atoms with Crippen molar-refractivity contribution < 1.29 is 4.74 Å². The molecule has 0 amide bonds. The van der Waals surface area contributed by atoms with Crippen molar-refractivity contribution in [3.8, 4) is 5.75 Å². The predicted molar refractivity (Wildman–Crippen MR) is 87.5 cm³/mol. The fourth-order valence-electron chi connectivity index (χ4n) is 2.24. The zero-order chi connectivity index (χ0) is 15.7. The lowest BCUT2D eigenvalue weighted by Gasteiger charge is -2.11. The minimum atomic E-state index is -0.0663. The Morgan fingerprint density at radius 3 is 2.64 bits per heavy atom. The molecule has 2 aromatic carbocycles. The molecule has 0 aliphatic rings. The van der Waals surface area contributed by atoms with Crippen LogP contribution in [0.3, 0.4) is 0 Å². The van der Waals surface area contributed by atoms with Crippen LogP contribution in [-0.2, 0) is 13.7 Å². The molecule has 0 aliphatic heterocycles. The predicted octanol–water partition coefficient (Wildman–Crippen LogP) is 3.47. The van der Waals surface area contributed by atoms with Crippen LogP contribution in [-0.4, -0.2) is 9.55 Å². The van der Waals surface area contributed by atoms with Crippen LogP contribution >= 0.6 is 11.6 Å². The first kappa shape index (κ1) is 14.6. The first-order valence-corrected chi connectivity index (χ1v) is 7.27. The van der Waals surface area contributed by atoms with E-state index in [4.69, 9.17) is 16.3 Å². The van der Waals surface area contributed by atoms with Crippen molar-refractivity contribution in [2.75, 3.05) is 0 Å². The first-order valence-electron chi connectivity index (χ1n) is 6.89. The summed E-state index contributed by atoms with van der Waals surface area (Å²) in [5.74, 6) is 1.26. The number of hydrogen-bond donors (Lipinski definition) is 0. The highest BCUT2D eigenvalue weighted by molar-refractivity contribution is 6.30. The summed E-state index contributed by atoms with van der Waals surface area (Å²) in [6.45, 7) is 2.17. The van der Waals surface area contributed by atoms with Gasteiger partial charge < -0.3 is 4.74 Å². The Balaban J connectivity index is 1.94. The van der Waals surface area contributed by atoms with Gasteiger partial charge in [0.1, 0.15) is 18.2 Å². The highest BCUT2D eigenvalue weighted by Crippen LogP contribution is 2.17. The van der Waals surface area contributed by atoms with Crippen LogP contribution in [0.1, 0.15) is 11.4 Å². The minimum Gasteiger partial charge on any atom is -0.486 e. The molecule has 0 fully saturated rings. The third-order valence-electron chi connectivity index (χ3n) is 3.51. The van der Waals surface area contributed by atoms with Gasteiger partial charge in [-0.05, 0) is 43.3 Å². The monoisotopic (exact) mass is 314 g/mol. The maximum Gasteiger partial charge on any atom is 0.261 e. The molecule has 3 aromatic rings. The molecule has 112 valence electrons. The molecule has 0 atom stereocenters. The van der Waals surface area contributed by atoms with E-state index in [1.165, 1.54) is 4.57 Å². The molecule has 0 radical (unpaired) electrons. The molecule has 1 aromatic heterocycles. The first-order chi connectivity index (χ1) is 10.5. The van der Waals surface area contributed by atoms with Crippen molar-refractivity contribution >= 4 is 22.5 Å². The normalized spacial score (nSPS) is 10.9. The summed E-state index contributed by atoms with van der Waals surface area (Å²) in [5.41, 5.74) is 1.66. The summed E-state index contributed by atoms with van der Waals surface area (Å²) >= 11 is 5.84. The van der Waals surface area contributed by atoms with Crippen LogP contribution in [0.5, 0.6) is 5.75 Å². The summed E-state index contributed by atoms with van der Waals surface area (Å²) in [6, 6.07) is 12.7. The molecule has 0 saturated carbocycles. The largest absolute Gasteiger partial charge is 0.486 e. The molecule has 0 spiro atoms. The van der Waals surface area contributed by atoms with E-state index in [9.17, 15) is 4.79 Å². The van der Waals surface area contributed by atoms with Crippen molar-refractivity contribution in [1.82, 2.24) is 9.55 Å². The van der Waals surface area contributed by atoms with E-state index in [1.807, 2.05) is 25.1 Å². The van der Waals surface area contributed by atoms with Gasteiger partial charge in [-0.2, -0.15) is 0 Å². The van der Waals surface area contributed by atoms with Crippen molar-refractivity contribution in [2.45, 2.75) is 13.5 Å². The Bertz CT molecular complexity index is 886. The van der Waals surface area contributed by atoms with Crippen molar-refractivity contribution in [2.24, 2.45) is 7.05 Å². The lowest BCUT2D eigenvalue weighted by Crippen LogP contribution is -2.23. The van der Waals surface area contributed by atoms with Gasteiger partial charge in [-0.3, -0.25) is 9.36 Å². The molecular weight excluding hydrogens is 300 g/mol. The molecule has 0 bridgehead atoms. The van der Waals surface area contributed by atoms with E-state index in [0.717, 1.165) is 5.56 Å². The van der Waals surface area contributed by atoms with Gasteiger partial charge in [-0.1, -0.05) is 23.2 Å². The van der Waals surface area contributed by atoms with Gasteiger partial charge in [0.05, 0.1) is 10.9 Å². The SMILES string of the molecule is Cc1ccc2nc(COc3ccc(Cl)cc3)n(C)c(=O)c2c1. The molecule has 0 saturated heterocycles. The van der Waals surface area contributed by atoms with Gasteiger partial charge in [-0.25, -0.2) is 4.98 Å². The van der Waals surface area contributed by atoms with E-state index >= 15 is 0 Å².